The summed E-state index contributed by atoms with van der Waals surface area (Å²) in [6, 6.07) is 18.4. The van der Waals surface area contributed by atoms with Crippen LogP contribution in [0.15, 0.2) is 48.5 Å². The highest BCUT2D eigenvalue weighted by Gasteiger charge is 2.13. The van der Waals surface area contributed by atoms with Crippen molar-refractivity contribution in [3.63, 3.8) is 0 Å². The van der Waals surface area contributed by atoms with E-state index in [0.29, 0.717) is 6.42 Å². The molecule has 9 heteroatoms. The van der Waals surface area contributed by atoms with E-state index in [1.54, 1.807) is 0 Å². The summed E-state index contributed by atoms with van der Waals surface area (Å²) in [6.07, 6.45) is 17.3. The van der Waals surface area contributed by atoms with Gasteiger partial charge in [0.15, 0.2) is 0 Å². The SMILES string of the molecule is CSCCCCc1ccc(-c2ccc(-c3ccc(-c4ccc(CCCCCCCCCCCP(=O)(O)O)s4)s3)s2)s1. The van der Waals surface area contributed by atoms with Crippen LogP contribution in [0.3, 0.4) is 0 Å². The average molecular weight is 667 g/mol. The van der Waals surface area contributed by atoms with Crippen molar-refractivity contribution in [1.29, 1.82) is 0 Å². The van der Waals surface area contributed by atoms with E-state index in [1.807, 2.05) is 57.1 Å². The lowest BCUT2D eigenvalue weighted by molar-refractivity contribution is 0.370. The first-order valence-corrected chi connectivity index (χ1v) is 21.3. The minimum Gasteiger partial charge on any atom is -0.324 e. The van der Waals surface area contributed by atoms with Crippen LogP contribution in [0, 0.1) is 0 Å². The van der Waals surface area contributed by atoms with Crippen molar-refractivity contribution >= 4 is 64.7 Å². The Morgan fingerprint density at radius 1 is 0.537 bits per heavy atom. The molecule has 0 aliphatic rings. The van der Waals surface area contributed by atoms with Gasteiger partial charge in [0.05, 0.1) is 0 Å². The van der Waals surface area contributed by atoms with Crippen molar-refractivity contribution in [3.05, 3.63) is 58.3 Å². The van der Waals surface area contributed by atoms with Gasteiger partial charge in [-0.2, -0.15) is 11.8 Å². The molecule has 41 heavy (non-hydrogen) atoms. The van der Waals surface area contributed by atoms with E-state index in [-0.39, 0.29) is 6.16 Å². The molecule has 0 aliphatic heterocycles. The molecule has 4 heterocycles. The number of hydrogen-bond acceptors (Lipinski definition) is 6. The summed E-state index contributed by atoms with van der Waals surface area (Å²) in [4.78, 5) is 29.1. The van der Waals surface area contributed by atoms with Crippen molar-refractivity contribution in [2.24, 2.45) is 0 Å². The summed E-state index contributed by atoms with van der Waals surface area (Å²) >= 11 is 9.68. The van der Waals surface area contributed by atoms with E-state index in [0.717, 1.165) is 12.8 Å². The smallest absolute Gasteiger partial charge is 0.324 e. The Kier molecular flexibility index (Phi) is 14.2. The van der Waals surface area contributed by atoms with E-state index < -0.39 is 7.60 Å². The molecule has 0 spiro atoms. The predicted octanol–water partition coefficient (Wildman–Crippen LogP) is 11.9. The summed E-state index contributed by atoms with van der Waals surface area (Å²) in [7, 11) is -3.80. The van der Waals surface area contributed by atoms with Gasteiger partial charge in [0.2, 0.25) is 0 Å². The van der Waals surface area contributed by atoms with Gasteiger partial charge in [-0.15, -0.1) is 45.3 Å². The number of thioether (sulfide) groups is 1. The molecule has 4 aromatic heterocycles. The monoisotopic (exact) mass is 666 g/mol. The van der Waals surface area contributed by atoms with Crippen LogP contribution in [-0.4, -0.2) is 28.0 Å². The van der Waals surface area contributed by atoms with Gasteiger partial charge in [-0.05, 0) is 99.1 Å². The summed E-state index contributed by atoms with van der Waals surface area (Å²) in [5, 5.41) is 0. The second-order valence-electron chi connectivity index (χ2n) is 10.6. The first kappa shape index (κ1) is 33.2. The van der Waals surface area contributed by atoms with E-state index in [2.05, 4.69) is 54.8 Å². The Hall–Kier alpha value is -0.700. The second-order valence-corrected chi connectivity index (χ2v) is 17.9. The van der Waals surface area contributed by atoms with E-state index in [4.69, 9.17) is 9.79 Å². The maximum Gasteiger partial charge on any atom is 0.325 e. The van der Waals surface area contributed by atoms with E-state index in [9.17, 15) is 4.57 Å². The topological polar surface area (TPSA) is 57.5 Å². The lowest BCUT2D eigenvalue weighted by Gasteiger charge is -2.04. The van der Waals surface area contributed by atoms with Crippen LogP contribution < -0.4 is 0 Å². The molecule has 0 aliphatic carbocycles. The zero-order valence-corrected chi connectivity index (χ0v) is 29.0. The Morgan fingerprint density at radius 3 is 1.34 bits per heavy atom. The van der Waals surface area contributed by atoms with Gasteiger partial charge < -0.3 is 9.79 Å². The van der Waals surface area contributed by atoms with Crippen LogP contribution in [0.25, 0.3) is 29.3 Å². The van der Waals surface area contributed by atoms with Gasteiger partial charge >= 0.3 is 7.60 Å². The lowest BCUT2D eigenvalue weighted by atomic mass is 10.1. The average Bonchev–Trinajstić information content (AvgIpc) is 3.75. The van der Waals surface area contributed by atoms with Gasteiger partial charge in [0.25, 0.3) is 0 Å². The molecule has 2 N–H and O–H groups in total. The van der Waals surface area contributed by atoms with Crippen molar-refractivity contribution in [2.75, 3.05) is 18.2 Å². The first-order chi connectivity index (χ1) is 19.9. The summed E-state index contributed by atoms with van der Waals surface area (Å²) < 4.78 is 10.9. The van der Waals surface area contributed by atoms with E-state index in [1.165, 1.54) is 109 Å². The molecule has 0 bridgehead atoms. The fourth-order valence-electron chi connectivity index (χ4n) is 4.89. The maximum absolute atomic E-state index is 10.9. The van der Waals surface area contributed by atoms with Crippen molar-refractivity contribution in [1.82, 2.24) is 0 Å². The van der Waals surface area contributed by atoms with Gasteiger partial charge in [-0.1, -0.05) is 44.9 Å². The molecule has 0 aromatic carbocycles. The summed E-state index contributed by atoms with van der Waals surface area (Å²) in [5.74, 6) is 1.26. The van der Waals surface area contributed by atoms with Crippen LogP contribution >= 0.6 is 64.7 Å². The number of aryl methyl sites for hydroxylation is 2. The Labute approximate surface area is 266 Å². The van der Waals surface area contributed by atoms with Gasteiger partial charge in [-0.25, -0.2) is 0 Å². The zero-order chi connectivity index (χ0) is 28.9. The molecule has 0 atom stereocenters. The minimum atomic E-state index is -3.80. The van der Waals surface area contributed by atoms with Crippen molar-refractivity contribution in [3.8, 4) is 29.3 Å². The first-order valence-electron chi connectivity index (χ1n) is 14.8. The summed E-state index contributed by atoms with van der Waals surface area (Å²) in [5.41, 5.74) is 0. The molecular weight excluding hydrogens is 624 g/mol. The molecule has 3 nitrogen and oxygen atoms in total. The molecule has 0 amide bonds. The van der Waals surface area contributed by atoms with Crippen LogP contribution in [0.1, 0.15) is 80.4 Å². The fourth-order valence-corrected chi connectivity index (χ4v) is 10.4. The molecule has 0 unspecified atom stereocenters. The minimum absolute atomic E-state index is 0.0378. The molecule has 0 radical (unpaired) electrons. The molecule has 4 aromatic rings. The maximum atomic E-state index is 10.9. The number of thiophene rings is 4. The Balaban J connectivity index is 1.15. The molecule has 224 valence electrons. The number of rotatable bonds is 20. The van der Waals surface area contributed by atoms with Crippen LogP contribution in [0.5, 0.6) is 0 Å². The highest BCUT2D eigenvalue weighted by atomic mass is 32.2. The van der Waals surface area contributed by atoms with Gasteiger partial charge in [0.1, 0.15) is 0 Å². The Morgan fingerprint density at radius 2 is 0.902 bits per heavy atom. The lowest BCUT2D eigenvalue weighted by Crippen LogP contribution is -1.88. The van der Waals surface area contributed by atoms with Crippen molar-refractivity contribution in [2.45, 2.75) is 83.5 Å². The van der Waals surface area contributed by atoms with Crippen LogP contribution in [0.2, 0.25) is 0 Å². The highest BCUT2D eigenvalue weighted by molar-refractivity contribution is 7.98. The number of unbranched alkanes of at least 4 members (excludes halogenated alkanes) is 9. The standard InChI is InChI=1S/C32H43O3PS5/c1-37-24-12-10-14-26-16-18-28(39-26)30-20-22-32(41-30)31-21-19-29(40-31)27-17-15-25(38-27)13-9-7-5-3-2-4-6-8-11-23-36(33,34)35/h15-22H,2-14,23-24H2,1H3,(H2,33,34,35). The second kappa shape index (κ2) is 17.6. The third kappa shape index (κ3) is 11.7. The zero-order valence-electron chi connectivity index (χ0n) is 24.0. The normalized spacial score (nSPS) is 12.0. The van der Waals surface area contributed by atoms with Crippen molar-refractivity contribution < 1.29 is 14.4 Å². The molecule has 0 fully saturated rings. The molecule has 0 saturated carbocycles. The molecular formula is C32H43O3PS5. The largest absolute Gasteiger partial charge is 0.325 e. The third-order valence-electron chi connectivity index (χ3n) is 7.16. The molecule has 4 rings (SSSR count). The quantitative estimate of drug-likeness (QED) is 0.0728. The third-order valence-corrected chi connectivity index (χ3v) is 13.8. The molecule has 0 saturated heterocycles. The number of hydrogen-bond donors (Lipinski definition) is 2. The summed E-state index contributed by atoms with van der Waals surface area (Å²) in [6.45, 7) is 0. The predicted molar refractivity (Wildman–Crippen MR) is 188 cm³/mol. The fraction of sp³-hybridized carbons (Fsp3) is 0.500. The van der Waals surface area contributed by atoms with Crippen LogP contribution in [0.4, 0.5) is 0 Å². The van der Waals surface area contributed by atoms with Gasteiger partial charge in [0, 0.05) is 45.2 Å². The van der Waals surface area contributed by atoms with Gasteiger partial charge in [-0.3, -0.25) is 4.57 Å². The van der Waals surface area contributed by atoms with E-state index >= 15 is 0 Å². The Bertz CT molecular complexity index is 1340. The van der Waals surface area contributed by atoms with Crippen LogP contribution in [-0.2, 0) is 17.4 Å². The highest BCUT2D eigenvalue weighted by Crippen LogP contribution is 2.43.